The van der Waals surface area contributed by atoms with E-state index in [1.165, 1.54) is 24.2 Å². The van der Waals surface area contributed by atoms with Gasteiger partial charge in [-0.2, -0.15) is 0 Å². The summed E-state index contributed by atoms with van der Waals surface area (Å²) in [6, 6.07) is 9.25. The van der Waals surface area contributed by atoms with Crippen LogP contribution in [0.4, 0.5) is 0 Å². The van der Waals surface area contributed by atoms with Crippen molar-refractivity contribution in [2.24, 2.45) is 4.99 Å². The zero-order valence-corrected chi connectivity index (χ0v) is 20.7. The van der Waals surface area contributed by atoms with Crippen LogP contribution < -0.4 is 10.6 Å². The van der Waals surface area contributed by atoms with Gasteiger partial charge < -0.3 is 15.5 Å². The van der Waals surface area contributed by atoms with Gasteiger partial charge in [0.2, 0.25) is 0 Å². The van der Waals surface area contributed by atoms with Crippen molar-refractivity contribution in [3.63, 3.8) is 0 Å². The third-order valence-electron chi connectivity index (χ3n) is 5.52. The number of rotatable bonds is 8. The van der Waals surface area contributed by atoms with Crippen molar-refractivity contribution >= 4 is 29.9 Å². The van der Waals surface area contributed by atoms with Crippen LogP contribution in [0.1, 0.15) is 44.7 Å². The van der Waals surface area contributed by atoms with Gasteiger partial charge in [0, 0.05) is 45.3 Å². The van der Waals surface area contributed by atoms with Crippen LogP contribution >= 0.6 is 24.0 Å². The van der Waals surface area contributed by atoms with Crippen LogP contribution in [0.2, 0.25) is 0 Å². The molecule has 2 N–H and O–H groups in total. The van der Waals surface area contributed by atoms with Crippen molar-refractivity contribution in [1.29, 1.82) is 0 Å². The number of hydrogen-bond donors (Lipinski definition) is 2. The zero-order chi connectivity index (χ0) is 19.6. The molecule has 1 aromatic carbocycles. The van der Waals surface area contributed by atoms with Gasteiger partial charge in [0.05, 0.1) is 6.54 Å². The SMILES string of the molecule is CCNC(=NCC(C)N1CCN(CC)CC1)NCC(C)c1cccc(C)c1.I. The molecule has 1 saturated heterocycles. The first kappa shape index (κ1) is 25.2. The van der Waals surface area contributed by atoms with E-state index >= 15 is 0 Å². The highest BCUT2D eigenvalue weighted by atomic mass is 127. The second kappa shape index (κ2) is 13.4. The molecule has 2 rings (SSSR count). The quantitative estimate of drug-likeness (QED) is 0.326. The molecule has 0 radical (unpaired) electrons. The lowest BCUT2D eigenvalue weighted by molar-refractivity contribution is 0.109. The number of hydrogen-bond acceptors (Lipinski definition) is 3. The fraction of sp³-hybridized carbons (Fsp3) is 0.682. The molecule has 1 fully saturated rings. The molecule has 0 saturated carbocycles. The minimum Gasteiger partial charge on any atom is -0.357 e. The first-order valence-corrected chi connectivity index (χ1v) is 10.6. The summed E-state index contributed by atoms with van der Waals surface area (Å²) in [6.07, 6.45) is 0. The summed E-state index contributed by atoms with van der Waals surface area (Å²) in [5, 5.41) is 6.91. The Morgan fingerprint density at radius 2 is 1.82 bits per heavy atom. The molecule has 160 valence electrons. The molecule has 0 aliphatic carbocycles. The Kier molecular flexibility index (Phi) is 12.0. The maximum absolute atomic E-state index is 4.85. The summed E-state index contributed by atoms with van der Waals surface area (Å²) >= 11 is 0. The molecule has 1 aliphatic heterocycles. The highest BCUT2D eigenvalue weighted by Gasteiger charge is 2.20. The molecule has 0 aromatic heterocycles. The van der Waals surface area contributed by atoms with E-state index < -0.39 is 0 Å². The lowest BCUT2D eigenvalue weighted by Gasteiger charge is -2.37. The van der Waals surface area contributed by atoms with Gasteiger partial charge >= 0.3 is 0 Å². The largest absolute Gasteiger partial charge is 0.357 e. The summed E-state index contributed by atoms with van der Waals surface area (Å²) in [4.78, 5) is 9.93. The summed E-state index contributed by atoms with van der Waals surface area (Å²) in [5.41, 5.74) is 2.69. The number of benzene rings is 1. The summed E-state index contributed by atoms with van der Waals surface area (Å²) in [7, 11) is 0. The predicted octanol–water partition coefficient (Wildman–Crippen LogP) is 3.30. The van der Waals surface area contributed by atoms with Crippen LogP contribution in [0, 0.1) is 6.92 Å². The van der Waals surface area contributed by atoms with Gasteiger partial charge in [-0.25, -0.2) is 0 Å². The van der Waals surface area contributed by atoms with Gasteiger partial charge in [-0.3, -0.25) is 9.89 Å². The lowest BCUT2D eigenvalue weighted by Crippen LogP contribution is -2.50. The van der Waals surface area contributed by atoms with E-state index in [0.29, 0.717) is 12.0 Å². The Hall–Kier alpha value is -0.860. The smallest absolute Gasteiger partial charge is 0.191 e. The first-order valence-electron chi connectivity index (χ1n) is 10.6. The Morgan fingerprint density at radius 3 is 2.43 bits per heavy atom. The van der Waals surface area contributed by atoms with Crippen LogP contribution in [0.3, 0.4) is 0 Å². The van der Waals surface area contributed by atoms with Gasteiger partial charge in [-0.15, -0.1) is 24.0 Å². The Bertz CT molecular complexity index is 584. The van der Waals surface area contributed by atoms with E-state index in [-0.39, 0.29) is 24.0 Å². The van der Waals surface area contributed by atoms with Gasteiger partial charge in [-0.05, 0) is 38.8 Å². The van der Waals surface area contributed by atoms with Crippen LogP contribution in [0.5, 0.6) is 0 Å². The van der Waals surface area contributed by atoms with E-state index in [2.05, 4.69) is 79.3 Å². The first-order chi connectivity index (χ1) is 13.0. The fourth-order valence-electron chi connectivity index (χ4n) is 3.55. The topological polar surface area (TPSA) is 42.9 Å². The van der Waals surface area contributed by atoms with Crippen LogP contribution in [-0.2, 0) is 0 Å². The molecule has 1 heterocycles. The van der Waals surface area contributed by atoms with Crippen molar-refractivity contribution in [2.75, 3.05) is 52.4 Å². The maximum Gasteiger partial charge on any atom is 0.191 e. The third-order valence-corrected chi connectivity index (χ3v) is 5.52. The number of aryl methyl sites for hydroxylation is 1. The third kappa shape index (κ3) is 8.25. The summed E-state index contributed by atoms with van der Waals surface area (Å²) in [5.74, 6) is 1.38. The molecule has 2 unspecified atom stereocenters. The Balaban J connectivity index is 0.00000392. The molecular formula is C22H40IN5. The van der Waals surface area contributed by atoms with E-state index in [4.69, 9.17) is 4.99 Å². The molecule has 0 amide bonds. The number of nitrogens with one attached hydrogen (secondary N) is 2. The molecule has 1 aromatic rings. The molecule has 0 bridgehead atoms. The van der Waals surface area contributed by atoms with Crippen molar-refractivity contribution < 1.29 is 0 Å². The van der Waals surface area contributed by atoms with Gasteiger partial charge in [0.1, 0.15) is 0 Å². The lowest BCUT2D eigenvalue weighted by atomic mass is 9.99. The van der Waals surface area contributed by atoms with Gasteiger partial charge in [-0.1, -0.05) is 43.7 Å². The van der Waals surface area contributed by atoms with E-state index in [9.17, 15) is 0 Å². The maximum atomic E-state index is 4.85. The van der Waals surface area contributed by atoms with Crippen LogP contribution in [0.15, 0.2) is 29.3 Å². The van der Waals surface area contributed by atoms with Crippen molar-refractivity contribution in [2.45, 2.75) is 46.6 Å². The van der Waals surface area contributed by atoms with E-state index in [1.54, 1.807) is 0 Å². The average Bonchev–Trinajstić information content (AvgIpc) is 2.69. The van der Waals surface area contributed by atoms with Crippen molar-refractivity contribution in [1.82, 2.24) is 20.4 Å². The number of guanidine groups is 1. The standard InChI is InChI=1S/C22H39N5.HI/c1-6-23-22(24-16-19(4)21-10-8-9-18(3)15-21)25-17-20(5)27-13-11-26(7-2)12-14-27;/h8-10,15,19-20H,6-7,11-14,16-17H2,1-5H3,(H2,23,24,25);1H. The highest BCUT2D eigenvalue weighted by molar-refractivity contribution is 14.0. The Morgan fingerprint density at radius 1 is 1.11 bits per heavy atom. The average molecular weight is 502 g/mol. The second-order valence-electron chi connectivity index (χ2n) is 7.73. The number of likely N-dealkylation sites (N-methyl/N-ethyl adjacent to an activating group) is 1. The number of nitrogens with zero attached hydrogens (tertiary/aromatic N) is 3. The fourth-order valence-corrected chi connectivity index (χ4v) is 3.55. The number of piperazine rings is 1. The number of halogens is 1. The molecule has 2 atom stereocenters. The predicted molar refractivity (Wildman–Crippen MR) is 132 cm³/mol. The van der Waals surface area contributed by atoms with E-state index in [0.717, 1.165) is 45.2 Å². The minimum absolute atomic E-state index is 0. The van der Waals surface area contributed by atoms with Crippen LogP contribution in [-0.4, -0.2) is 74.2 Å². The van der Waals surface area contributed by atoms with Crippen molar-refractivity contribution in [3.8, 4) is 0 Å². The minimum atomic E-state index is 0. The summed E-state index contributed by atoms with van der Waals surface area (Å²) in [6.45, 7) is 19.5. The van der Waals surface area contributed by atoms with Gasteiger partial charge in [0.25, 0.3) is 0 Å². The normalized spacial score (nSPS) is 18.2. The monoisotopic (exact) mass is 501 g/mol. The zero-order valence-electron chi connectivity index (χ0n) is 18.4. The Labute approximate surface area is 189 Å². The summed E-state index contributed by atoms with van der Waals surface area (Å²) < 4.78 is 0. The highest BCUT2D eigenvalue weighted by Crippen LogP contribution is 2.15. The van der Waals surface area contributed by atoms with Gasteiger partial charge in [0.15, 0.2) is 5.96 Å². The second-order valence-corrected chi connectivity index (χ2v) is 7.73. The number of aliphatic imine (C=N–C) groups is 1. The molecule has 6 heteroatoms. The van der Waals surface area contributed by atoms with E-state index in [1.807, 2.05) is 0 Å². The molecule has 28 heavy (non-hydrogen) atoms. The molecular weight excluding hydrogens is 461 g/mol. The van der Waals surface area contributed by atoms with Crippen molar-refractivity contribution in [3.05, 3.63) is 35.4 Å². The van der Waals surface area contributed by atoms with Crippen LogP contribution in [0.25, 0.3) is 0 Å². The molecule has 0 spiro atoms. The molecule has 5 nitrogen and oxygen atoms in total. The molecule has 1 aliphatic rings.